The van der Waals surface area contributed by atoms with Crippen LogP contribution in [-0.2, 0) is 9.59 Å². The van der Waals surface area contributed by atoms with Gasteiger partial charge >= 0.3 is 0 Å². The SMILES string of the molecule is Cl.O=C(CN1C(=O)COc2ccccc21)N[C@H]1CCCNC1. The summed E-state index contributed by atoms with van der Waals surface area (Å²) in [4.78, 5) is 25.6. The van der Waals surface area contributed by atoms with Gasteiger partial charge in [0.25, 0.3) is 5.91 Å². The first-order valence-corrected chi connectivity index (χ1v) is 7.26. The highest BCUT2D eigenvalue weighted by atomic mass is 35.5. The smallest absolute Gasteiger partial charge is 0.265 e. The minimum atomic E-state index is -0.189. The summed E-state index contributed by atoms with van der Waals surface area (Å²) in [5.41, 5.74) is 0.658. The van der Waals surface area contributed by atoms with Crippen LogP contribution in [0.25, 0.3) is 0 Å². The quantitative estimate of drug-likeness (QED) is 0.858. The van der Waals surface area contributed by atoms with E-state index in [0.717, 1.165) is 25.9 Å². The zero-order valence-electron chi connectivity index (χ0n) is 12.2. The summed E-state index contributed by atoms with van der Waals surface area (Å²) in [5.74, 6) is 0.323. The van der Waals surface area contributed by atoms with Crippen LogP contribution in [0.4, 0.5) is 5.69 Å². The van der Waals surface area contributed by atoms with Crippen LogP contribution in [0.1, 0.15) is 12.8 Å². The lowest BCUT2D eigenvalue weighted by Crippen LogP contribution is -2.50. The largest absolute Gasteiger partial charge is 0.482 e. The van der Waals surface area contributed by atoms with Crippen LogP contribution in [0.3, 0.4) is 0 Å². The summed E-state index contributed by atoms with van der Waals surface area (Å²) in [7, 11) is 0. The van der Waals surface area contributed by atoms with Crippen molar-refractivity contribution in [3.63, 3.8) is 0 Å². The highest BCUT2D eigenvalue weighted by Crippen LogP contribution is 2.31. The number of nitrogens with one attached hydrogen (secondary N) is 2. The van der Waals surface area contributed by atoms with Crippen molar-refractivity contribution in [2.24, 2.45) is 0 Å². The molecule has 0 aliphatic carbocycles. The summed E-state index contributed by atoms with van der Waals surface area (Å²) in [6, 6.07) is 7.43. The Kier molecular flexibility index (Phi) is 5.63. The number of piperidine rings is 1. The average Bonchev–Trinajstić information content (AvgIpc) is 2.51. The van der Waals surface area contributed by atoms with Crippen LogP contribution >= 0.6 is 12.4 Å². The Bertz CT molecular complexity index is 547. The molecule has 2 amide bonds. The second-order valence-corrected chi connectivity index (χ2v) is 5.35. The number of carbonyl (C=O) groups excluding carboxylic acids is 2. The molecule has 0 spiro atoms. The van der Waals surface area contributed by atoms with Crippen LogP contribution in [0, 0.1) is 0 Å². The van der Waals surface area contributed by atoms with E-state index in [1.807, 2.05) is 12.1 Å². The van der Waals surface area contributed by atoms with Crippen molar-refractivity contribution < 1.29 is 14.3 Å². The number of hydrogen-bond acceptors (Lipinski definition) is 4. The van der Waals surface area contributed by atoms with Crippen LogP contribution in [-0.4, -0.2) is 44.1 Å². The molecule has 1 saturated heterocycles. The fourth-order valence-corrected chi connectivity index (χ4v) is 2.72. The van der Waals surface area contributed by atoms with Crippen molar-refractivity contribution in [1.29, 1.82) is 0 Å². The number of anilines is 1. The van der Waals surface area contributed by atoms with Crippen LogP contribution < -0.4 is 20.3 Å². The molecule has 1 fully saturated rings. The number of halogens is 1. The molecule has 2 heterocycles. The molecule has 2 aliphatic rings. The summed E-state index contributed by atoms with van der Waals surface area (Å²) in [5, 5.41) is 6.23. The molecule has 2 aliphatic heterocycles. The van der Waals surface area contributed by atoms with Crippen LogP contribution in [0.15, 0.2) is 24.3 Å². The van der Waals surface area contributed by atoms with E-state index >= 15 is 0 Å². The maximum atomic E-state index is 12.2. The number of benzene rings is 1. The summed E-state index contributed by atoms with van der Waals surface area (Å²) in [6.45, 7) is 1.81. The minimum Gasteiger partial charge on any atom is -0.482 e. The number of amides is 2. The highest BCUT2D eigenvalue weighted by molar-refractivity contribution is 6.02. The first kappa shape index (κ1) is 16.6. The fourth-order valence-electron chi connectivity index (χ4n) is 2.72. The summed E-state index contributed by atoms with van der Waals surface area (Å²) in [6.07, 6.45) is 2.04. The Balaban J connectivity index is 0.00000176. The maximum Gasteiger partial charge on any atom is 0.265 e. The van der Waals surface area contributed by atoms with Crippen molar-refractivity contribution in [2.45, 2.75) is 18.9 Å². The standard InChI is InChI=1S/C15H19N3O3.ClH/c19-14(17-11-4-3-7-16-8-11)9-18-12-5-1-2-6-13(12)21-10-15(18)20;/h1-2,5-6,11,16H,3-4,7-10H2,(H,17,19);1H/t11-;/m0./s1. The van der Waals surface area contributed by atoms with Gasteiger partial charge in [-0.3, -0.25) is 14.5 Å². The Morgan fingerprint density at radius 3 is 3.00 bits per heavy atom. The molecule has 7 heteroatoms. The first-order valence-electron chi connectivity index (χ1n) is 7.26. The van der Waals surface area contributed by atoms with Gasteiger partial charge in [0.15, 0.2) is 6.61 Å². The Hall–Kier alpha value is -1.79. The van der Waals surface area contributed by atoms with Crippen molar-refractivity contribution in [3.05, 3.63) is 24.3 Å². The Morgan fingerprint density at radius 2 is 2.23 bits per heavy atom. The van der Waals surface area contributed by atoms with Gasteiger partial charge in [0.1, 0.15) is 12.3 Å². The molecule has 6 nitrogen and oxygen atoms in total. The molecule has 2 N–H and O–H groups in total. The zero-order chi connectivity index (χ0) is 14.7. The highest BCUT2D eigenvalue weighted by Gasteiger charge is 2.27. The minimum absolute atomic E-state index is 0. The molecule has 0 bridgehead atoms. The fraction of sp³-hybridized carbons (Fsp3) is 0.467. The monoisotopic (exact) mass is 325 g/mol. The Labute approximate surface area is 135 Å². The van der Waals surface area contributed by atoms with Gasteiger partial charge in [0, 0.05) is 12.6 Å². The third-order valence-corrected chi connectivity index (χ3v) is 3.77. The van der Waals surface area contributed by atoms with Gasteiger partial charge in [-0.05, 0) is 31.5 Å². The molecule has 3 rings (SSSR count). The summed E-state index contributed by atoms with van der Waals surface area (Å²) >= 11 is 0. The van der Waals surface area contributed by atoms with Gasteiger partial charge < -0.3 is 15.4 Å². The van der Waals surface area contributed by atoms with E-state index in [1.54, 1.807) is 12.1 Å². The molecule has 0 aromatic heterocycles. The van der Waals surface area contributed by atoms with Gasteiger partial charge in [0.05, 0.1) is 5.69 Å². The van der Waals surface area contributed by atoms with Crippen molar-refractivity contribution in [2.75, 3.05) is 31.1 Å². The molecular weight excluding hydrogens is 306 g/mol. The lowest BCUT2D eigenvalue weighted by Gasteiger charge is -2.30. The number of hydrogen-bond donors (Lipinski definition) is 2. The number of para-hydroxylation sites is 2. The van der Waals surface area contributed by atoms with Gasteiger partial charge in [-0.15, -0.1) is 12.4 Å². The van der Waals surface area contributed by atoms with E-state index in [4.69, 9.17) is 4.74 Å². The van der Waals surface area contributed by atoms with Crippen molar-refractivity contribution >= 4 is 29.9 Å². The molecular formula is C15H20ClN3O3. The van der Waals surface area contributed by atoms with E-state index in [-0.39, 0.29) is 43.4 Å². The van der Waals surface area contributed by atoms with Crippen molar-refractivity contribution in [3.8, 4) is 5.75 Å². The molecule has 0 unspecified atom stereocenters. The average molecular weight is 326 g/mol. The van der Waals surface area contributed by atoms with E-state index in [0.29, 0.717) is 11.4 Å². The van der Waals surface area contributed by atoms with E-state index in [2.05, 4.69) is 10.6 Å². The number of carbonyl (C=O) groups is 2. The second kappa shape index (κ2) is 7.47. The third-order valence-electron chi connectivity index (χ3n) is 3.77. The lowest BCUT2D eigenvalue weighted by molar-refractivity contribution is -0.125. The van der Waals surface area contributed by atoms with Gasteiger partial charge in [-0.25, -0.2) is 0 Å². The number of rotatable bonds is 3. The van der Waals surface area contributed by atoms with Crippen molar-refractivity contribution in [1.82, 2.24) is 10.6 Å². The number of fused-ring (bicyclic) bond motifs is 1. The topological polar surface area (TPSA) is 70.7 Å². The predicted octanol–water partition coefficient (Wildman–Crippen LogP) is 0.702. The normalized spacial score (nSPS) is 20.5. The predicted molar refractivity (Wildman–Crippen MR) is 85.6 cm³/mol. The van der Waals surface area contributed by atoms with Gasteiger partial charge in [0.2, 0.25) is 5.91 Å². The Morgan fingerprint density at radius 1 is 1.41 bits per heavy atom. The van der Waals surface area contributed by atoms with E-state index in [9.17, 15) is 9.59 Å². The molecule has 0 radical (unpaired) electrons. The molecule has 1 aromatic rings. The lowest BCUT2D eigenvalue weighted by atomic mass is 10.1. The second-order valence-electron chi connectivity index (χ2n) is 5.35. The molecule has 22 heavy (non-hydrogen) atoms. The molecule has 1 atom stereocenters. The number of nitrogens with zero attached hydrogens (tertiary/aromatic N) is 1. The zero-order valence-corrected chi connectivity index (χ0v) is 13.0. The van der Waals surface area contributed by atoms with Gasteiger partial charge in [-0.1, -0.05) is 12.1 Å². The maximum absolute atomic E-state index is 12.2. The molecule has 0 saturated carbocycles. The van der Waals surface area contributed by atoms with Crippen LogP contribution in [0.5, 0.6) is 5.75 Å². The van der Waals surface area contributed by atoms with E-state index in [1.165, 1.54) is 4.90 Å². The first-order chi connectivity index (χ1) is 10.2. The third kappa shape index (κ3) is 3.69. The van der Waals surface area contributed by atoms with Gasteiger partial charge in [-0.2, -0.15) is 0 Å². The summed E-state index contributed by atoms with van der Waals surface area (Å²) < 4.78 is 5.36. The molecule has 120 valence electrons. The van der Waals surface area contributed by atoms with Crippen LogP contribution in [0.2, 0.25) is 0 Å². The number of ether oxygens (including phenoxy) is 1. The molecule has 1 aromatic carbocycles. The van der Waals surface area contributed by atoms with E-state index < -0.39 is 0 Å².